The predicted molar refractivity (Wildman–Crippen MR) is 103 cm³/mol. The summed E-state index contributed by atoms with van der Waals surface area (Å²) in [7, 11) is 0. The molecule has 4 rings (SSSR count). The van der Waals surface area contributed by atoms with Gasteiger partial charge in [-0.1, -0.05) is 37.3 Å². The van der Waals surface area contributed by atoms with Crippen molar-refractivity contribution in [1.82, 2.24) is 14.9 Å². The summed E-state index contributed by atoms with van der Waals surface area (Å²) in [4.78, 5) is 26.8. The van der Waals surface area contributed by atoms with Gasteiger partial charge in [0.15, 0.2) is 5.82 Å². The third-order valence-electron chi connectivity index (χ3n) is 5.34. The largest absolute Gasteiger partial charge is 0.356 e. The molecule has 1 aromatic carbocycles. The molecule has 0 spiro atoms. The fourth-order valence-electron chi connectivity index (χ4n) is 3.90. The summed E-state index contributed by atoms with van der Waals surface area (Å²) in [5, 5.41) is 0. The van der Waals surface area contributed by atoms with Gasteiger partial charge in [-0.2, -0.15) is 0 Å². The molecule has 1 aromatic heterocycles. The molecule has 5 nitrogen and oxygen atoms in total. The van der Waals surface area contributed by atoms with E-state index in [-0.39, 0.29) is 5.91 Å². The third kappa shape index (κ3) is 3.57. The van der Waals surface area contributed by atoms with Gasteiger partial charge in [0, 0.05) is 37.8 Å². The lowest BCUT2D eigenvalue weighted by atomic mass is 10.00. The van der Waals surface area contributed by atoms with Crippen LogP contribution in [0.1, 0.15) is 43.1 Å². The molecule has 3 heterocycles. The van der Waals surface area contributed by atoms with Gasteiger partial charge < -0.3 is 9.80 Å². The Morgan fingerprint density at radius 1 is 1.04 bits per heavy atom. The zero-order valence-corrected chi connectivity index (χ0v) is 15.4. The Balaban J connectivity index is 1.70. The van der Waals surface area contributed by atoms with E-state index >= 15 is 0 Å². The second-order valence-corrected chi connectivity index (χ2v) is 7.49. The molecule has 2 fully saturated rings. The molecule has 26 heavy (non-hydrogen) atoms. The highest BCUT2D eigenvalue weighted by Gasteiger charge is 2.25. The zero-order valence-electron chi connectivity index (χ0n) is 15.4. The first-order valence-electron chi connectivity index (χ1n) is 9.69. The van der Waals surface area contributed by atoms with Crippen molar-refractivity contribution >= 4 is 11.7 Å². The molecule has 1 amide bonds. The minimum Gasteiger partial charge on any atom is -0.356 e. The highest BCUT2D eigenvalue weighted by molar-refractivity contribution is 5.93. The second kappa shape index (κ2) is 7.44. The number of anilines is 1. The van der Waals surface area contributed by atoms with Crippen LogP contribution in [0.2, 0.25) is 0 Å². The Morgan fingerprint density at radius 3 is 2.54 bits per heavy atom. The summed E-state index contributed by atoms with van der Waals surface area (Å²) < 4.78 is 0. The van der Waals surface area contributed by atoms with Crippen LogP contribution in [-0.4, -0.2) is 47.0 Å². The number of aromatic nitrogens is 2. The van der Waals surface area contributed by atoms with E-state index in [9.17, 15) is 4.79 Å². The first-order valence-corrected chi connectivity index (χ1v) is 9.69. The summed E-state index contributed by atoms with van der Waals surface area (Å²) in [5.74, 6) is 2.12. The molecular formula is C21H26N4O. The van der Waals surface area contributed by atoms with Crippen LogP contribution >= 0.6 is 0 Å². The van der Waals surface area contributed by atoms with E-state index in [1.807, 2.05) is 41.3 Å². The van der Waals surface area contributed by atoms with Crippen LogP contribution in [0.3, 0.4) is 0 Å². The number of benzene rings is 1. The summed E-state index contributed by atoms with van der Waals surface area (Å²) >= 11 is 0. The molecule has 0 radical (unpaired) electrons. The second-order valence-electron chi connectivity index (χ2n) is 7.49. The van der Waals surface area contributed by atoms with Crippen molar-refractivity contribution in [2.75, 3.05) is 31.1 Å². The first-order chi connectivity index (χ1) is 12.7. The van der Waals surface area contributed by atoms with Crippen molar-refractivity contribution in [3.05, 3.63) is 42.1 Å². The molecule has 1 atom stereocenters. The highest BCUT2D eigenvalue weighted by Crippen LogP contribution is 2.25. The predicted octanol–water partition coefficient (Wildman–Crippen LogP) is 3.62. The molecule has 0 saturated carbocycles. The van der Waals surface area contributed by atoms with Crippen LogP contribution in [0, 0.1) is 5.92 Å². The smallest absolute Gasteiger partial charge is 0.272 e. The van der Waals surface area contributed by atoms with Gasteiger partial charge in [0.2, 0.25) is 0 Å². The Kier molecular flexibility index (Phi) is 4.87. The van der Waals surface area contributed by atoms with E-state index in [0.717, 1.165) is 44.0 Å². The molecule has 2 saturated heterocycles. The molecule has 0 bridgehead atoms. The number of nitrogens with zero attached hydrogens (tertiary/aromatic N) is 4. The molecule has 2 aliphatic heterocycles. The number of carbonyl (C=O) groups is 1. The zero-order chi connectivity index (χ0) is 17.9. The molecule has 2 aliphatic rings. The van der Waals surface area contributed by atoms with Crippen molar-refractivity contribution in [2.45, 2.75) is 32.6 Å². The number of hydrogen-bond donors (Lipinski definition) is 0. The number of carbonyl (C=O) groups excluding carboxylic acids is 1. The number of likely N-dealkylation sites (tertiary alicyclic amines) is 1. The molecule has 136 valence electrons. The minimum absolute atomic E-state index is 0.0385. The fraction of sp³-hybridized carbons (Fsp3) is 0.476. The van der Waals surface area contributed by atoms with Gasteiger partial charge in [0.1, 0.15) is 11.5 Å². The molecule has 0 aliphatic carbocycles. The minimum atomic E-state index is 0.0385. The summed E-state index contributed by atoms with van der Waals surface area (Å²) in [6.45, 7) is 5.86. The van der Waals surface area contributed by atoms with Crippen molar-refractivity contribution in [3.63, 3.8) is 0 Å². The molecule has 1 unspecified atom stereocenters. The lowest BCUT2D eigenvalue weighted by Crippen LogP contribution is -2.39. The van der Waals surface area contributed by atoms with E-state index in [2.05, 4.69) is 16.8 Å². The van der Waals surface area contributed by atoms with Crippen molar-refractivity contribution < 1.29 is 4.79 Å². The topological polar surface area (TPSA) is 49.3 Å². The van der Waals surface area contributed by atoms with Crippen LogP contribution < -0.4 is 4.90 Å². The van der Waals surface area contributed by atoms with Crippen molar-refractivity contribution in [3.8, 4) is 11.4 Å². The third-order valence-corrected chi connectivity index (χ3v) is 5.34. The van der Waals surface area contributed by atoms with Crippen LogP contribution in [-0.2, 0) is 0 Å². The van der Waals surface area contributed by atoms with Crippen LogP contribution in [0.15, 0.2) is 36.4 Å². The first kappa shape index (κ1) is 17.0. The van der Waals surface area contributed by atoms with Gasteiger partial charge in [-0.05, 0) is 31.6 Å². The van der Waals surface area contributed by atoms with E-state index in [1.165, 1.54) is 19.3 Å². The van der Waals surface area contributed by atoms with Gasteiger partial charge >= 0.3 is 0 Å². The maximum atomic E-state index is 13.1. The fourth-order valence-corrected chi connectivity index (χ4v) is 3.90. The number of hydrogen-bond acceptors (Lipinski definition) is 4. The van der Waals surface area contributed by atoms with Crippen LogP contribution in [0.4, 0.5) is 5.82 Å². The Bertz CT molecular complexity index is 771. The summed E-state index contributed by atoms with van der Waals surface area (Å²) in [5.41, 5.74) is 1.48. The van der Waals surface area contributed by atoms with Gasteiger partial charge in [0.05, 0.1) is 0 Å². The number of amides is 1. The van der Waals surface area contributed by atoms with Gasteiger partial charge in [-0.3, -0.25) is 4.79 Å². The Labute approximate surface area is 155 Å². The monoisotopic (exact) mass is 350 g/mol. The molecule has 0 N–H and O–H groups in total. The number of rotatable bonds is 3. The molecule has 5 heteroatoms. The lowest BCUT2D eigenvalue weighted by molar-refractivity contribution is 0.0677. The van der Waals surface area contributed by atoms with Gasteiger partial charge in [0.25, 0.3) is 5.91 Å². The average molecular weight is 350 g/mol. The van der Waals surface area contributed by atoms with E-state index in [0.29, 0.717) is 17.4 Å². The van der Waals surface area contributed by atoms with E-state index in [4.69, 9.17) is 4.98 Å². The standard InChI is InChI=1S/C21H26N4O/c1-16-8-7-13-25(15-16)21(26)18-14-19(24-11-5-6-12-24)23-20(22-18)17-9-3-2-4-10-17/h2-4,9-10,14,16H,5-8,11-13,15H2,1H3. The van der Waals surface area contributed by atoms with E-state index < -0.39 is 0 Å². The van der Waals surface area contributed by atoms with Crippen LogP contribution in [0.5, 0.6) is 0 Å². The quantitative estimate of drug-likeness (QED) is 0.848. The summed E-state index contributed by atoms with van der Waals surface area (Å²) in [6, 6.07) is 11.8. The maximum Gasteiger partial charge on any atom is 0.272 e. The van der Waals surface area contributed by atoms with E-state index in [1.54, 1.807) is 0 Å². The number of piperidine rings is 1. The van der Waals surface area contributed by atoms with Gasteiger partial charge in [-0.15, -0.1) is 0 Å². The normalized spacial score (nSPS) is 20.4. The molecule has 2 aromatic rings. The Hall–Kier alpha value is -2.43. The van der Waals surface area contributed by atoms with Crippen LogP contribution in [0.25, 0.3) is 11.4 Å². The molecular weight excluding hydrogens is 324 g/mol. The van der Waals surface area contributed by atoms with Gasteiger partial charge in [-0.25, -0.2) is 9.97 Å². The SMILES string of the molecule is CC1CCCN(C(=O)c2cc(N3CCCC3)nc(-c3ccccc3)n2)C1. The summed E-state index contributed by atoms with van der Waals surface area (Å²) in [6.07, 6.45) is 4.62. The Morgan fingerprint density at radius 2 is 1.81 bits per heavy atom. The highest BCUT2D eigenvalue weighted by atomic mass is 16.2. The lowest BCUT2D eigenvalue weighted by Gasteiger charge is -2.31. The average Bonchev–Trinajstić information content (AvgIpc) is 3.23. The maximum absolute atomic E-state index is 13.1. The van der Waals surface area contributed by atoms with Crippen molar-refractivity contribution in [2.24, 2.45) is 5.92 Å². The van der Waals surface area contributed by atoms with Crippen molar-refractivity contribution in [1.29, 1.82) is 0 Å².